The first kappa shape index (κ1) is 23.1. The maximum atomic E-state index is 12.7. The van der Waals surface area contributed by atoms with Crippen LogP contribution in [0.3, 0.4) is 0 Å². The molecule has 1 heterocycles. The molecule has 0 aromatic heterocycles. The number of carbonyl (C=O) groups is 3. The van der Waals surface area contributed by atoms with Crippen molar-refractivity contribution >= 4 is 23.5 Å². The predicted octanol–water partition coefficient (Wildman–Crippen LogP) is 2.00. The molecule has 1 aliphatic heterocycles. The highest BCUT2D eigenvalue weighted by Crippen LogP contribution is 2.33. The average molecular weight is 431 g/mol. The van der Waals surface area contributed by atoms with Gasteiger partial charge in [-0.3, -0.25) is 14.5 Å². The molecule has 8 nitrogen and oxygen atoms in total. The summed E-state index contributed by atoms with van der Waals surface area (Å²) in [4.78, 5) is 41.2. The average Bonchev–Trinajstić information content (AvgIpc) is 2.79. The molecule has 4 amide bonds. The molecular formula is C23H34N4O4. The van der Waals surface area contributed by atoms with E-state index >= 15 is 0 Å². The number of hydrogen-bond donors (Lipinski definition) is 2. The number of para-hydroxylation sites is 1. The van der Waals surface area contributed by atoms with Gasteiger partial charge in [0, 0.05) is 44.4 Å². The van der Waals surface area contributed by atoms with Gasteiger partial charge in [0.05, 0.1) is 19.1 Å². The molecule has 2 aliphatic rings. The zero-order valence-corrected chi connectivity index (χ0v) is 18.5. The Morgan fingerprint density at radius 1 is 1.26 bits per heavy atom. The van der Waals surface area contributed by atoms with E-state index in [9.17, 15) is 14.4 Å². The summed E-state index contributed by atoms with van der Waals surface area (Å²) < 4.78 is 4.99. The van der Waals surface area contributed by atoms with E-state index in [1.54, 1.807) is 7.11 Å². The lowest BCUT2D eigenvalue weighted by atomic mass is 9.76. The summed E-state index contributed by atoms with van der Waals surface area (Å²) in [6.45, 7) is 5.10. The number of nitrogens with one attached hydrogen (secondary N) is 2. The van der Waals surface area contributed by atoms with Crippen LogP contribution in [-0.2, 0) is 14.3 Å². The summed E-state index contributed by atoms with van der Waals surface area (Å²) in [7, 11) is 1.54. The molecule has 2 N–H and O–H groups in total. The molecule has 3 rings (SSSR count). The van der Waals surface area contributed by atoms with E-state index in [2.05, 4.69) is 34.6 Å². The second kappa shape index (κ2) is 11.1. The first-order valence-corrected chi connectivity index (χ1v) is 11.2. The SMILES string of the molecule is CCN(CCCNC(=O)C1CCC2C(=O)N(CCOC)C(=O)NC2C1)c1ccccc1. The molecule has 0 bridgehead atoms. The van der Waals surface area contributed by atoms with Crippen LogP contribution in [0.15, 0.2) is 30.3 Å². The van der Waals surface area contributed by atoms with Gasteiger partial charge in [0.25, 0.3) is 0 Å². The Bertz CT molecular complexity index is 757. The van der Waals surface area contributed by atoms with E-state index in [1.165, 1.54) is 10.6 Å². The van der Waals surface area contributed by atoms with Crippen molar-refractivity contribution in [3.8, 4) is 0 Å². The summed E-state index contributed by atoms with van der Waals surface area (Å²) >= 11 is 0. The van der Waals surface area contributed by atoms with Crippen LogP contribution in [-0.4, -0.2) is 68.7 Å². The van der Waals surface area contributed by atoms with Crippen molar-refractivity contribution in [1.82, 2.24) is 15.5 Å². The zero-order valence-electron chi connectivity index (χ0n) is 18.5. The van der Waals surface area contributed by atoms with Crippen molar-refractivity contribution in [3.63, 3.8) is 0 Å². The fourth-order valence-corrected chi connectivity index (χ4v) is 4.53. The number of ether oxygens (including phenoxy) is 1. The fraction of sp³-hybridized carbons (Fsp3) is 0.609. The van der Waals surface area contributed by atoms with Gasteiger partial charge in [0.15, 0.2) is 0 Å². The van der Waals surface area contributed by atoms with Crippen molar-refractivity contribution in [1.29, 1.82) is 0 Å². The number of benzene rings is 1. The van der Waals surface area contributed by atoms with E-state index in [0.717, 1.165) is 19.5 Å². The number of fused-ring (bicyclic) bond motifs is 1. The van der Waals surface area contributed by atoms with E-state index in [-0.39, 0.29) is 42.3 Å². The number of rotatable bonds is 10. The van der Waals surface area contributed by atoms with Crippen LogP contribution in [0.4, 0.5) is 10.5 Å². The molecule has 3 unspecified atom stereocenters. The van der Waals surface area contributed by atoms with Crippen LogP contribution >= 0.6 is 0 Å². The second-order valence-electron chi connectivity index (χ2n) is 8.21. The van der Waals surface area contributed by atoms with Gasteiger partial charge < -0.3 is 20.3 Å². The predicted molar refractivity (Wildman–Crippen MR) is 119 cm³/mol. The first-order valence-electron chi connectivity index (χ1n) is 11.2. The summed E-state index contributed by atoms with van der Waals surface area (Å²) in [5.41, 5.74) is 1.19. The standard InChI is InChI=1S/C23H34N4O4/c1-3-26(18-8-5-4-6-9-18)13-7-12-24-21(28)17-10-11-19-20(16-17)25-23(30)27(22(19)29)14-15-31-2/h4-6,8-9,17,19-20H,3,7,10-16H2,1-2H3,(H,24,28)(H,25,30). The third-order valence-corrected chi connectivity index (χ3v) is 6.28. The number of nitrogens with zero attached hydrogens (tertiary/aromatic N) is 2. The topological polar surface area (TPSA) is 91.0 Å². The van der Waals surface area contributed by atoms with Crippen LogP contribution in [0.1, 0.15) is 32.6 Å². The van der Waals surface area contributed by atoms with Gasteiger partial charge in [-0.2, -0.15) is 0 Å². The number of urea groups is 1. The Balaban J connectivity index is 1.43. The minimum absolute atomic E-state index is 0.0183. The lowest BCUT2D eigenvalue weighted by Crippen LogP contribution is -2.62. The van der Waals surface area contributed by atoms with Crippen molar-refractivity contribution in [2.75, 3.05) is 44.8 Å². The molecule has 1 aromatic carbocycles. The smallest absolute Gasteiger partial charge is 0.324 e. The van der Waals surface area contributed by atoms with E-state index < -0.39 is 0 Å². The summed E-state index contributed by atoms with van der Waals surface area (Å²) in [5, 5.41) is 5.97. The van der Waals surface area contributed by atoms with Crippen LogP contribution in [0.2, 0.25) is 0 Å². The Morgan fingerprint density at radius 3 is 2.74 bits per heavy atom. The molecule has 1 saturated heterocycles. The number of imide groups is 1. The zero-order chi connectivity index (χ0) is 22.2. The quantitative estimate of drug-likeness (QED) is 0.554. The minimum Gasteiger partial charge on any atom is -0.383 e. The van der Waals surface area contributed by atoms with E-state index in [1.807, 2.05) is 18.2 Å². The highest BCUT2D eigenvalue weighted by molar-refractivity contribution is 5.99. The lowest BCUT2D eigenvalue weighted by molar-refractivity contribution is -0.139. The maximum Gasteiger partial charge on any atom is 0.324 e. The third kappa shape index (κ3) is 5.76. The van der Waals surface area contributed by atoms with Crippen molar-refractivity contribution in [2.24, 2.45) is 11.8 Å². The molecule has 8 heteroatoms. The minimum atomic E-state index is -0.384. The molecule has 2 fully saturated rings. The monoisotopic (exact) mass is 430 g/mol. The number of hydrogen-bond acceptors (Lipinski definition) is 5. The largest absolute Gasteiger partial charge is 0.383 e. The summed E-state index contributed by atoms with van der Waals surface area (Å²) in [5.74, 6) is -0.547. The number of amides is 4. The van der Waals surface area contributed by atoms with Gasteiger partial charge in [-0.1, -0.05) is 18.2 Å². The maximum absolute atomic E-state index is 12.7. The summed E-state index contributed by atoms with van der Waals surface area (Å²) in [6, 6.07) is 9.60. The Kier molecular flexibility index (Phi) is 8.28. The molecule has 0 spiro atoms. The second-order valence-corrected chi connectivity index (χ2v) is 8.21. The highest BCUT2D eigenvalue weighted by atomic mass is 16.5. The Hall–Kier alpha value is -2.61. The van der Waals surface area contributed by atoms with Crippen LogP contribution in [0, 0.1) is 11.8 Å². The van der Waals surface area contributed by atoms with Gasteiger partial charge >= 0.3 is 6.03 Å². The van der Waals surface area contributed by atoms with Gasteiger partial charge in [-0.05, 0) is 44.7 Å². The normalized spacial score (nSPS) is 23.2. The van der Waals surface area contributed by atoms with Crippen molar-refractivity contribution < 1.29 is 19.1 Å². The van der Waals surface area contributed by atoms with Crippen LogP contribution < -0.4 is 15.5 Å². The van der Waals surface area contributed by atoms with Crippen LogP contribution in [0.25, 0.3) is 0 Å². The Labute approximate surface area is 184 Å². The number of methoxy groups -OCH3 is 1. The van der Waals surface area contributed by atoms with Crippen LogP contribution in [0.5, 0.6) is 0 Å². The van der Waals surface area contributed by atoms with Gasteiger partial charge in [0.1, 0.15) is 0 Å². The molecule has 1 aromatic rings. The molecular weight excluding hydrogens is 396 g/mol. The number of anilines is 1. The molecule has 170 valence electrons. The van der Waals surface area contributed by atoms with E-state index in [0.29, 0.717) is 32.4 Å². The molecule has 1 saturated carbocycles. The first-order chi connectivity index (χ1) is 15.0. The van der Waals surface area contributed by atoms with Crippen molar-refractivity contribution in [2.45, 2.75) is 38.6 Å². The van der Waals surface area contributed by atoms with Gasteiger partial charge in [-0.15, -0.1) is 0 Å². The Morgan fingerprint density at radius 2 is 2.03 bits per heavy atom. The van der Waals surface area contributed by atoms with Gasteiger partial charge in [0.2, 0.25) is 11.8 Å². The molecule has 31 heavy (non-hydrogen) atoms. The lowest BCUT2D eigenvalue weighted by Gasteiger charge is -2.41. The molecule has 3 atom stereocenters. The molecule has 0 radical (unpaired) electrons. The fourth-order valence-electron chi connectivity index (χ4n) is 4.53. The van der Waals surface area contributed by atoms with Crippen molar-refractivity contribution in [3.05, 3.63) is 30.3 Å². The number of carbonyl (C=O) groups excluding carboxylic acids is 3. The third-order valence-electron chi connectivity index (χ3n) is 6.28. The molecule has 1 aliphatic carbocycles. The van der Waals surface area contributed by atoms with Gasteiger partial charge in [-0.25, -0.2) is 4.79 Å². The summed E-state index contributed by atoms with van der Waals surface area (Å²) in [6.07, 6.45) is 2.65. The van der Waals surface area contributed by atoms with E-state index in [4.69, 9.17) is 4.74 Å². The highest BCUT2D eigenvalue weighted by Gasteiger charge is 2.45.